The van der Waals surface area contributed by atoms with Crippen LogP contribution < -0.4 is 10.6 Å². The number of nitrogens with one attached hydrogen (secondary N) is 2. The van der Waals surface area contributed by atoms with Gasteiger partial charge in [0.2, 0.25) is 11.8 Å². The van der Waals surface area contributed by atoms with Crippen LogP contribution in [0, 0.1) is 5.92 Å². The van der Waals surface area contributed by atoms with Gasteiger partial charge in [0.05, 0.1) is 10.0 Å². The van der Waals surface area contributed by atoms with E-state index in [0.717, 1.165) is 24.8 Å². The van der Waals surface area contributed by atoms with Crippen LogP contribution in [0.5, 0.6) is 0 Å². The summed E-state index contributed by atoms with van der Waals surface area (Å²) in [7, 11) is 0. The highest BCUT2D eigenvalue weighted by molar-refractivity contribution is 6.42. The molecule has 0 spiro atoms. The number of amides is 2. The third kappa shape index (κ3) is 3.39. The molecule has 1 saturated carbocycles. The SMILES string of the molecule is O=C1NCCCC[C@@H]1NC(=O)[C@@H]1C[C@H]1c1ccc(Cl)c(Cl)c1. The molecule has 3 atom stereocenters. The van der Waals surface area contributed by atoms with Gasteiger partial charge < -0.3 is 10.6 Å². The van der Waals surface area contributed by atoms with E-state index >= 15 is 0 Å². The molecular weight excluding hydrogens is 323 g/mol. The van der Waals surface area contributed by atoms with E-state index in [-0.39, 0.29) is 23.7 Å². The molecule has 3 rings (SSSR count). The number of carbonyl (C=O) groups is 2. The summed E-state index contributed by atoms with van der Waals surface area (Å²) in [5, 5.41) is 6.74. The summed E-state index contributed by atoms with van der Waals surface area (Å²) in [5.41, 5.74) is 1.03. The number of hydrogen-bond donors (Lipinski definition) is 2. The van der Waals surface area contributed by atoms with Crippen LogP contribution in [-0.2, 0) is 9.59 Å². The fourth-order valence-corrected chi connectivity index (χ4v) is 3.26. The molecule has 22 heavy (non-hydrogen) atoms. The molecule has 1 aromatic carbocycles. The predicted molar refractivity (Wildman–Crippen MR) is 86.1 cm³/mol. The van der Waals surface area contributed by atoms with Crippen molar-refractivity contribution in [2.45, 2.75) is 37.6 Å². The Balaban J connectivity index is 1.60. The van der Waals surface area contributed by atoms with Crippen LogP contribution in [0.4, 0.5) is 0 Å². The van der Waals surface area contributed by atoms with E-state index < -0.39 is 6.04 Å². The first-order valence-corrected chi connectivity index (χ1v) is 8.35. The summed E-state index contributed by atoms with van der Waals surface area (Å²) >= 11 is 11.9. The van der Waals surface area contributed by atoms with E-state index in [4.69, 9.17) is 23.2 Å². The third-order valence-electron chi connectivity index (χ3n) is 4.35. The van der Waals surface area contributed by atoms with Crippen molar-refractivity contribution in [2.24, 2.45) is 5.92 Å². The van der Waals surface area contributed by atoms with Crippen molar-refractivity contribution >= 4 is 35.0 Å². The molecule has 0 unspecified atom stereocenters. The van der Waals surface area contributed by atoms with Crippen molar-refractivity contribution in [3.8, 4) is 0 Å². The van der Waals surface area contributed by atoms with Crippen molar-refractivity contribution in [3.63, 3.8) is 0 Å². The van der Waals surface area contributed by atoms with Gasteiger partial charge >= 0.3 is 0 Å². The topological polar surface area (TPSA) is 58.2 Å². The summed E-state index contributed by atoms with van der Waals surface area (Å²) < 4.78 is 0. The van der Waals surface area contributed by atoms with Gasteiger partial charge in [-0.2, -0.15) is 0 Å². The van der Waals surface area contributed by atoms with Gasteiger partial charge in [-0.15, -0.1) is 0 Å². The number of hydrogen-bond acceptors (Lipinski definition) is 2. The molecule has 6 heteroatoms. The molecule has 1 aliphatic heterocycles. The van der Waals surface area contributed by atoms with E-state index in [1.54, 1.807) is 6.07 Å². The molecule has 1 saturated heterocycles. The summed E-state index contributed by atoms with van der Waals surface area (Å²) in [5.74, 6) is -0.0207. The summed E-state index contributed by atoms with van der Waals surface area (Å²) in [6, 6.07) is 5.08. The minimum atomic E-state index is -0.398. The Labute approximate surface area is 139 Å². The van der Waals surface area contributed by atoms with E-state index in [2.05, 4.69) is 10.6 Å². The fraction of sp³-hybridized carbons (Fsp3) is 0.500. The Hall–Kier alpha value is -1.26. The van der Waals surface area contributed by atoms with Crippen LogP contribution in [0.25, 0.3) is 0 Å². The maximum atomic E-state index is 12.3. The van der Waals surface area contributed by atoms with Gasteiger partial charge in [0.25, 0.3) is 0 Å². The minimum Gasteiger partial charge on any atom is -0.354 e. The average molecular weight is 341 g/mol. The van der Waals surface area contributed by atoms with Crippen LogP contribution in [0.3, 0.4) is 0 Å². The number of benzene rings is 1. The minimum absolute atomic E-state index is 0.0434. The van der Waals surface area contributed by atoms with Crippen molar-refractivity contribution in [1.29, 1.82) is 0 Å². The molecule has 2 aliphatic rings. The zero-order valence-electron chi connectivity index (χ0n) is 12.1. The van der Waals surface area contributed by atoms with Gasteiger partial charge in [0.15, 0.2) is 0 Å². The Bertz CT molecular complexity index is 606. The van der Waals surface area contributed by atoms with Crippen LogP contribution >= 0.6 is 23.2 Å². The maximum absolute atomic E-state index is 12.3. The van der Waals surface area contributed by atoms with Gasteiger partial charge in [-0.05, 0) is 49.3 Å². The van der Waals surface area contributed by atoms with Gasteiger partial charge in [-0.25, -0.2) is 0 Å². The highest BCUT2D eigenvalue weighted by Crippen LogP contribution is 2.48. The van der Waals surface area contributed by atoms with E-state index in [0.29, 0.717) is 23.0 Å². The smallest absolute Gasteiger partial charge is 0.242 e. The third-order valence-corrected chi connectivity index (χ3v) is 5.09. The lowest BCUT2D eigenvalue weighted by atomic mass is 10.1. The Kier molecular flexibility index (Phi) is 4.59. The molecular formula is C16H18Cl2N2O2. The monoisotopic (exact) mass is 340 g/mol. The molecule has 0 aromatic heterocycles. The summed E-state index contributed by atoms with van der Waals surface area (Å²) in [4.78, 5) is 24.2. The zero-order chi connectivity index (χ0) is 15.7. The first-order chi connectivity index (χ1) is 10.6. The van der Waals surface area contributed by atoms with Gasteiger partial charge in [0, 0.05) is 12.5 Å². The van der Waals surface area contributed by atoms with Crippen molar-refractivity contribution < 1.29 is 9.59 Å². The van der Waals surface area contributed by atoms with E-state index in [1.807, 2.05) is 12.1 Å². The average Bonchev–Trinajstić information content (AvgIpc) is 3.29. The number of rotatable bonds is 3. The quantitative estimate of drug-likeness (QED) is 0.888. The second kappa shape index (κ2) is 6.47. The molecule has 0 bridgehead atoms. The van der Waals surface area contributed by atoms with Crippen LogP contribution in [0.1, 0.15) is 37.2 Å². The van der Waals surface area contributed by atoms with Gasteiger partial charge in [0.1, 0.15) is 6.04 Å². The lowest BCUT2D eigenvalue weighted by molar-refractivity contribution is -0.129. The second-order valence-electron chi connectivity index (χ2n) is 5.97. The number of carbonyl (C=O) groups excluding carboxylic acids is 2. The van der Waals surface area contributed by atoms with Crippen LogP contribution in [0.15, 0.2) is 18.2 Å². The zero-order valence-corrected chi connectivity index (χ0v) is 13.6. The highest BCUT2D eigenvalue weighted by atomic mass is 35.5. The molecule has 2 N–H and O–H groups in total. The lowest BCUT2D eigenvalue weighted by Crippen LogP contribution is -2.46. The van der Waals surface area contributed by atoms with Crippen molar-refractivity contribution in [3.05, 3.63) is 33.8 Å². The van der Waals surface area contributed by atoms with Crippen molar-refractivity contribution in [1.82, 2.24) is 10.6 Å². The molecule has 4 nitrogen and oxygen atoms in total. The maximum Gasteiger partial charge on any atom is 0.242 e. The predicted octanol–water partition coefficient (Wildman–Crippen LogP) is 2.88. The van der Waals surface area contributed by atoms with Crippen LogP contribution in [0.2, 0.25) is 10.0 Å². The lowest BCUT2D eigenvalue weighted by Gasteiger charge is -2.15. The Morgan fingerprint density at radius 3 is 2.82 bits per heavy atom. The molecule has 2 fully saturated rings. The van der Waals surface area contributed by atoms with Gasteiger partial charge in [-0.1, -0.05) is 29.3 Å². The first-order valence-electron chi connectivity index (χ1n) is 7.59. The summed E-state index contributed by atoms with van der Waals surface area (Å²) in [6.45, 7) is 0.695. The van der Waals surface area contributed by atoms with Crippen molar-refractivity contribution in [2.75, 3.05) is 6.54 Å². The van der Waals surface area contributed by atoms with Gasteiger partial charge in [-0.3, -0.25) is 9.59 Å². The second-order valence-corrected chi connectivity index (χ2v) is 6.78. The highest BCUT2D eigenvalue weighted by Gasteiger charge is 2.45. The molecule has 118 valence electrons. The van der Waals surface area contributed by atoms with E-state index in [9.17, 15) is 9.59 Å². The molecule has 1 aliphatic carbocycles. The summed E-state index contributed by atoms with van der Waals surface area (Å²) in [6.07, 6.45) is 3.41. The Morgan fingerprint density at radius 2 is 2.05 bits per heavy atom. The van der Waals surface area contributed by atoms with Crippen LogP contribution in [-0.4, -0.2) is 24.4 Å². The Morgan fingerprint density at radius 1 is 1.23 bits per heavy atom. The standard InChI is InChI=1S/C16H18Cl2N2O2/c17-12-5-4-9(7-13(12)18)10-8-11(10)15(21)20-14-3-1-2-6-19-16(14)22/h4-5,7,10-11,14H,1-3,6,8H2,(H,19,22)(H,20,21)/t10-,11+,14-/m0/s1. The molecule has 1 aromatic rings. The first kappa shape index (κ1) is 15.6. The largest absolute Gasteiger partial charge is 0.354 e. The molecule has 2 amide bonds. The fourth-order valence-electron chi connectivity index (χ4n) is 2.95. The van der Waals surface area contributed by atoms with E-state index in [1.165, 1.54) is 0 Å². The normalized spacial score (nSPS) is 27.7. The molecule has 0 radical (unpaired) electrons. The molecule has 1 heterocycles. The number of halogens is 2.